The SMILES string of the molecule is BC(C)(C)C/C=C(\C)CC(C)(C)CCCN(C)C. The minimum Gasteiger partial charge on any atom is -0.309 e. The summed E-state index contributed by atoms with van der Waals surface area (Å²) >= 11 is 0. The highest BCUT2D eigenvalue weighted by Gasteiger charge is 2.18. The Balaban J connectivity index is 4.14. The molecule has 18 heavy (non-hydrogen) atoms. The lowest BCUT2D eigenvalue weighted by molar-refractivity contribution is 0.292. The fraction of sp³-hybridized carbons (Fsp3) is 0.875. The molecule has 0 N–H and O–H groups in total. The van der Waals surface area contributed by atoms with Crippen LogP contribution in [-0.4, -0.2) is 33.4 Å². The topological polar surface area (TPSA) is 3.24 Å². The molecule has 0 radical (unpaired) electrons. The number of rotatable bonds is 8. The fourth-order valence-corrected chi connectivity index (χ4v) is 2.27. The molecule has 1 nitrogen and oxygen atoms in total. The van der Waals surface area contributed by atoms with Gasteiger partial charge in [-0.2, -0.15) is 0 Å². The summed E-state index contributed by atoms with van der Waals surface area (Å²) in [5.41, 5.74) is 1.99. The van der Waals surface area contributed by atoms with Crippen molar-refractivity contribution in [3.63, 3.8) is 0 Å². The lowest BCUT2D eigenvalue weighted by atomic mass is 9.69. The Labute approximate surface area is 116 Å². The number of hydrogen-bond acceptors (Lipinski definition) is 1. The molecular weight excluding hydrogens is 217 g/mol. The van der Waals surface area contributed by atoms with E-state index in [4.69, 9.17) is 0 Å². The largest absolute Gasteiger partial charge is 0.309 e. The molecular formula is C16H34BN. The molecule has 0 fully saturated rings. The Kier molecular flexibility index (Phi) is 7.28. The molecule has 0 heterocycles. The number of allylic oxidation sites excluding steroid dienone is 2. The van der Waals surface area contributed by atoms with Crippen LogP contribution in [0.15, 0.2) is 11.6 Å². The average molecular weight is 251 g/mol. The summed E-state index contributed by atoms with van der Waals surface area (Å²) in [6, 6.07) is 0. The van der Waals surface area contributed by atoms with E-state index in [1.165, 1.54) is 32.2 Å². The summed E-state index contributed by atoms with van der Waals surface area (Å²) in [4.78, 5) is 2.28. The summed E-state index contributed by atoms with van der Waals surface area (Å²) in [5, 5.41) is 0.413. The standard InChI is InChI=1S/C16H34BN/c1-14(9-11-16(4,5)17)13-15(2,3)10-8-12-18(6)7/h9H,8,10-13,17H2,1-7H3/b14-9+. The monoisotopic (exact) mass is 251 g/mol. The molecule has 0 saturated heterocycles. The van der Waals surface area contributed by atoms with Crippen molar-refractivity contribution in [1.82, 2.24) is 4.90 Å². The van der Waals surface area contributed by atoms with Crippen LogP contribution in [0.4, 0.5) is 0 Å². The summed E-state index contributed by atoms with van der Waals surface area (Å²) in [5.74, 6) is 0. The fourth-order valence-electron chi connectivity index (χ4n) is 2.27. The lowest BCUT2D eigenvalue weighted by Crippen LogP contribution is -2.18. The normalized spacial score (nSPS) is 14.3. The molecule has 2 heteroatoms. The molecule has 0 unspecified atom stereocenters. The van der Waals surface area contributed by atoms with E-state index in [2.05, 4.69) is 67.5 Å². The van der Waals surface area contributed by atoms with Crippen molar-refractivity contribution >= 4 is 7.85 Å². The van der Waals surface area contributed by atoms with Crippen LogP contribution in [0.3, 0.4) is 0 Å². The van der Waals surface area contributed by atoms with Gasteiger partial charge in [-0.15, -0.1) is 0 Å². The Hall–Kier alpha value is -0.235. The van der Waals surface area contributed by atoms with Crippen LogP contribution in [0.5, 0.6) is 0 Å². The zero-order chi connectivity index (χ0) is 14.4. The van der Waals surface area contributed by atoms with E-state index in [9.17, 15) is 0 Å². The van der Waals surface area contributed by atoms with E-state index in [-0.39, 0.29) is 0 Å². The van der Waals surface area contributed by atoms with Crippen LogP contribution in [0.2, 0.25) is 5.31 Å². The highest BCUT2D eigenvalue weighted by atomic mass is 15.0. The predicted molar refractivity (Wildman–Crippen MR) is 87.1 cm³/mol. The van der Waals surface area contributed by atoms with Crippen LogP contribution >= 0.6 is 0 Å². The molecule has 0 atom stereocenters. The van der Waals surface area contributed by atoms with Gasteiger partial charge in [0.05, 0.1) is 0 Å². The van der Waals surface area contributed by atoms with Crippen molar-refractivity contribution in [3.05, 3.63) is 11.6 Å². The third-order valence-electron chi connectivity index (χ3n) is 3.28. The Bertz CT molecular complexity index is 259. The Morgan fingerprint density at radius 1 is 1.17 bits per heavy atom. The summed E-state index contributed by atoms with van der Waals surface area (Å²) < 4.78 is 0. The minimum atomic E-state index is 0.413. The van der Waals surface area contributed by atoms with Gasteiger partial charge in [0, 0.05) is 0 Å². The zero-order valence-electron chi connectivity index (χ0n) is 14.1. The predicted octanol–water partition coefficient (Wildman–Crippen LogP) is 3.91. The molecule has 0 aromatic carbocycles. The summed E-state index contributed by atoms with van der Waals surface area (Å²) in [6.45, 7) is 12.9. The van der Waals surface area contributed by atoms with E-state index in [1.807, 2.05) is 0 Å². The van der Waals surface area contributed by atoms with Crippen molar-refractivity contribution in [2.24, 2.45) is 5.41 Å². The molecule has 0 aliphatic carbocycles. The first-order valence-corrected chi connectivity index (χ1v) is 7.32. The number of nitrogens with zero attached hydrogens (tertiary/aromatic N) is 1. The second-order valence-electron chi connectivity index (χ2n) is 8.06. The molecule has 0 aliphatic rings. The molecule has 0 aromatic heterocycles. The van der Waals surface area contributed by atoms with Crippen LogP contribution in [0, 0.1) is 5.41 Å². The van der Waals surface area contributed by atoms with Crippen LogP contribution in [0.1, 0.15) is 60.3 Å². The molecule has 0 bridgehead atoms. The molecule has 0 aromatic rings. The molecule has 106 valence electrons. The van der Waals surface area contributed by atoms with Crippen LogP contribution < -0.4 is 0 Å². The molecule has 0 amide bonds. The van der Waals surface area contributed by atoms with Gasteiger partial charge < -0.3 is 4.90 Å². The van der Waals surface area contributed by atoms with E-state index >= 15 is 0 Å². The first-order chi connectivity index (χ1) is 8.02. The highest BCUT2D eigenvalue weighted by molar-refractivity contribution is 6.14. The maximum Gasteiger partial charge on any atom is 0.109 e. The van der Waals surface area contributed by atoms with Gasteiger partial charge in [0.25, 0.3) is 0 Å². The minimum absolute atomic E-state index is 0.413. The molecule has 0 spiro atoms. The van der Waals surface area contributed by atoms with Crippen molar-refractivity contribution in [2.75, 3.05) is 20.6 Å². The van der Waals surface area contributed by atoms with Gasteiger partial charge >= 0.3 is 0 Å². The summed E-state index contributed by atoms with van der Waals surface area (Å²) in [6.07, 6.45) is 7.47. The molecule has 0 saturated carbocycles. The quantitative estimate of drug-likeness (QED) is 0.467. The van der Waals surface area contributed by atoms with Gasteiger partial charge in [0.15, 0.2) is 0 Å². The first kappa shape index (κ1) is 17.8. The van der Waals surface area contributed by atoms with Gasteiger partial charge in [-0.25, -0.2) is 0 Å². The highest BCUT2D eigenvalue weighted by Crippen LogP contribution is 2.32. The van der Waals surface area contributed by atoms with E-state index in [0.29, 0.717) is 10.7 Å². The van der Waals surface area contributed by atoms with E-state index in [0.717, 1.165) is 0 Å². The third-order valence-corrected chi connectivity index (χ3v) is 3.28. The average Bonchev–Trinajstić information content (AvgIpc) is 2.11. The second-order valence-corrected chi connectivity index (χ2v) is 8.06. The molecule has 0 aliphatic heterocycles. The lowest BCUT2D eigenvalue weighted by Gasteiger charge is -2.26. The maximum absolute atomic E-state index is 2.44. The van der Waals surface area contributed by atoms with Gasteiger partial charge in [0.2, 0.25) is 0 Å². The van der Waals surface area contributed by atoms with Crippen molar-refractivity contribution in [1.29, 1.82) is 0 Å². The Morgan fingerprint density at radius 3 is 2.17 bits per heavy atom. The van der Waals surface area contributed by atoms with E-state index in [1.54, 1.807) is 5.57 Å². The van der Waals surface area contributed by atoms with Gasteiger partial charge in [-0.1, -0.05) is 44.7 Å². The third kappa shape index (κ3) is 10.9. The van der Waals surface area contributed by atoms with Crippen LogP contribution in [-0.2, 0) is 0 Å². The maximum atomic E-state index is 2.44. The summed E-state index contributed by atoms with van der Waals surface area (Å²) in [7, 11) is 6.61. The van der Waals surface area contributed by atoms with Crippen molar-refractivity contribution in [3.8, 4) is 0 Å². The van der Waals surface area contributed by atoms with Gasteiger partial charge in [-0.3, -0.25) is 0 Å². The van der Waals surface area contributed by atoms with Gasteiger partial charge in [-0.05, 0) is 58.7 Å². The Morgan fingerprint density at radius 2 is 1.72 bits per heavy atom. The van der Waals surface area contributed by atoms with E-state index < -0.39 is 0 Å². The van der Waals surface area contributed by atoms with Crippen molar-refractivity contribution < 1.29 is 0 Å². The van der Waals surface area contributed by atoms with Crippen LogP contribution in [0.25, 0.3) is 0 Å². The van der Waals surface area contributed by atoms with Gasteiger partial charge in [0.1, 0.15) is 7.85 Å². The smallest absolute Gasteiger partial charge is 0.109 e. The first-order valence-electron chi connectivity index (χ1n) is 7.32. The zero-order valence-corrected chi connectivity index (χ0v) is 14.1. The molecule has 0 rings (SSSR count). The number of hydrogen-bond donors (Lipinski definition) is 0. The second kappa shape index (κ2) is 7.38. The van der Waals surface area contributed by atoms with Crippen molar-refractivity contribution in [2.45, 2.75) is 65.6 Å².